The van der Waals surface area contributed by atoms with Crippen LogP contribution in [0.25, 0.3) is 0 Å². The summed E-state index contributed by atoms with van der Waals surface area (Å²) < 4.78 is 0. The van der Waals surface area contributed by atoms with Crippen LogP contribution in [-0.4, -0.2) is 35.0 Å². The molecule has 1 heterocycles. The van der Waals surface area contributed by atoms with Crippen LogP contribution in [0, 0.1) is 0 Å². The summed E-state index contributed by atoms with van der Waals surface area (Å²) in [6.07, 6.45) is 0.168. The van der Waals surface area contributed by atoms with Crippen LogP contribution >= 0.6 is 11.3 Å². The fourth-order valence-corrected chi connectivity index (χ4v) is 2.39. The molecule has 20 heavy (non-hydrogen) atoms. The molecule has 1 rings (SSSR count). The molecular formula is C13H18N2O4S. The van der Waals surface area contributed by atoms with Gasteiger partial charge in [0.25, 0.3) is 0 Å². The zero-order valence-electron chi connectivity index (χ0n) is 11.5. The Hall–Kier alpha value is -1.89. The molecule has 0 saturated heterocycles. The first-order valence-corrected chi connectivity index (χ1v) is 7.11. The van der Waals surface area contributed by atoms with Crippen molar-refractivity contribution in [3.8, 4) is 0 Å². The van der Waals surface area contributed by atoms with Crippen LogP contribution in [0.1, 0.15) is 37.1 Å². The minimum atomic E-state index is -0.951. The number of urea groups is 1. The summed E-state index contributed by atoms with van der Waals surface area (Å²) in [7, 11) is 1.62. The van der Waals surface area contributed by atoms with Crippen molar-refractivity contribution in [3.63, 3.8) is 0 Å². The average Bonchev–Trinajstić information content (AvgIpc) is 2.90. The van der Waals surface area contributed by atoms with E-state index in [2.05, 4.69) is 5.32 Å². The molecule has 0 bridgehead atoms. The molecule has 0 fully saturated rings. The third kappa shape index (κ3) is 5.00. The molecule has 3 amide bonds. The second-order valence-electron chi connectivity index (χ2n) is 4.40. The van der Waals surface area contributed by atoms with Gasteiger partial charge in [0.2, 0.25) is 5.91 Å². The lowest BCUT2D eigenvalue weighted by Crippen LogP contribution is -2.41. The number of nitrogens with zero attached hydrogens (tertiary/aromatic N) is 1. The number of hydrogen-bond acceptors (Lipinski definition) is 4. The lowest BCUT2D eigenvalue weighted by Gasteiger charge is -2.23. The summed E-state index contributed by atoms with van der Waals surface area (Å²) in [6, 6.07) is 3.22. The van der Waals surface area contributed by atoms with Gasteiger partial charge in [-0.05, 0) is 24.8 Å². The zero-order valence-corrected chi connectivity index (χ0v) is 12.3. The smallest absolute Gasteiger partial charge is 0.324 e. The van der Waals surface area contributed by atoms with Crippen molar-refractivity contribution in [1.82, 2.24) is 10.2 Å². The Morgan fingerprint density at radius 1 is 1.40 bits per heavy atom. The van der Waals surface area contributed by atoms with Crippen LogP contribution in [-0.2, 0) is 9.59 Å². The maximum atomic E-state index is 11.9. The minimum absolute atomic E-state index is 0.0270. The highest BCUT2D eigenvalue weighted by atomic mass is 32.1. The predicted molar refractivity (Wildman–Crippen MR) is 75.5 cm³/mol. The highest BCUT2D eigenvalue weighted by Gasteiger charge is 2.19. The van der Waals surface area contributed by atoms with Crippen molar-refractivity contribution in [3.05, 3.63) is 22.4 Å². The average molecular weight is 298 g/mol. The van der Waals surface area contributed by atoms with Gasteiger partial charge in [0.1, 0.15) is 0 Å². The molecule has 1 aromatic rings. The molecule has 1 aromatic heterocycles. The van der Waals surface area contributed by atoms with Crippen LogP contribution in [0.3, 0.4) is 0 Å². The van der Waals surface area contributed by atoms with Crippen LogP contribution in [0.2, 0.25) is 0 Å². The number of thiophene rings is 1. The van der Waals surface area contributed by atoms with E-state index in [-0.39, 0.29) is 25.3 Å². The largest absolute Gasteiger partial charge is 0.481 e. The molecule has 0 aromatic carbocycles. The molecule has 0 aliphatic carbocycles. The quantitative estimate of drug-likeness (QED) is 0.843. The Balaban J connectivity index is 2.41. The van der Waals surface area contributed by atoms with Crippen LogP contribution in [0.15, 0.2) is 17.5 Å². The summed E-state index contributed by atoms with van der Waals surface area (Å²) in [5.74, 6) is -1.41. The normalized spacial score (nSPS) is 11.7. The van der Waals surface area contributed by atoms with Gasteiger partial charge in [-0.3, -0.25) is 14.9 Å². The van der Waals surface area contributed by atoms with Gasteiger partial charge in [-0.15, -0.1) is 11.3 Å². The molecule has 0 saturated carbocycles. The maximum Gasteiger partial charge on any atom is 0.324 e. The Bertz CT molecular complexity index is 473. The number of nitrogens with one attached hydrogen (secondary N) is 1. The molecule has 0 spiro atoms. The summed E-state index contributed by atoms with van der Waals surface area (Å²) in [6.45, 7) is 1.88. The number of rotatable bonds is 6. The SMILES string of the molecule is CC(c1cccs1)N(C)C(=O)NC(=O)CCCC(=O)O. The monoisotopic (exact) mass is 298 g/mol. The van der Waals surface area contributed by atoms with Gasteiger partial charge in [-0.1, -0.05) is 6.07 Å². The predicted octanol–water partition coefficient (Wildman–Crippen LogP) is 2.23. The van der Waals surface area contributed by atoms with Crippen LogP contribution in [0.5, 0.6) is 0 Å². The minimum Gasteiger partial charge on any atom is -0.481 e. The van der Waals surface area contributed by atoms with Gasteiger partial charge >= 0.3 is 12.0 Å². The Morgan fingerprint density at radius 2 is 2.10 bits per heavy atom. The van der Waals surface area contributed by atoms with E-state index in [0.29, 0.717) is 0 Å². The van der Waals surface area contributed by atoms with E-state index in [0.717, 1.165) is 4.88 Å². The molecule has 6 nitrogen and oxygen atoms in total. The standard InChI is InChI=1S/C13H18N2O4S/c1-9(10-5-4-8-20-10)15(2)13(19)14-11(16)6-3-7-12(17)18/h4-5,8-9H,3,6-7H2,1-2H3,(H,17,18)(H,14,16,19). The summed E-state index contributed by atoms with van der Waals surface area (Å²) in [5.41, 5.74) is 0. The molecule has 7 heteroatoms. The Morgan fingerprint density at radius 3 is 2.65 bits per heavy atom. The third-order valence-electron chi connectivity index (χ3n) is 2.90. The second-order valence-corrected chi connectivity index (χ2v) is 5.38. The van der Waals surface area contributed by atoms with E-state index >= 15 is 0 Å². The number of carboxylic acid groups (broad SMARTS) is 1. The van der Waals surface area contributed by atoms with E-state index in [1.54, 1.807) is 18.4 Å². The van der Waals surface area contributed by atoms with Gasteiger partial charge in [0, 0.05) is 24.8 Å². The molecule has 0 aliphatic heterocycles. The first-order chi connectivity index (χ1) is 9.41. The van der Waals surface area contributed by atoms with Crippen molar-refractivity contribution >= 4 is 29.2 Å². The van der Waals surface area contributed by atoms with E-state index in [1.807, 2.05) is 24.4 Å². The van der Waals surface area contributed by atoms with Crippen molar-refractivity contribution in [2.24, 2.45) is 0 Å². The fourth-order valence-electron chi connectivity index (χ4n) is 1.57. The van der Waals surface area contributed by atoms with E-state index in [9.17, 15) is 14.4 Å². The molecule has 110 valence electrons. The number of carbonyl (C=O) groups is 3. The van der Waals surface area contributed by atoms with Crippen LogP contribution in [0.4, 0.5) is 4.79 Å². The highest BCUT2D eigenvalue weighted by molar-refractivity contribution is 7.10. The van der Waals surface area contributed by atoms with Gasteiger partial charge in [0.05, 0.1) is 6.04 Å². The number of carboxylic acids is 1. The fraction of sp³-hybridized carbons (Fsp3) is 0.462. The van der Waals surface area contributed by atoms with Crippen molar-refractivity contribution in [2.45, 2.75) is 32.2 Å². The molecule has 0 aliphatic rings. The second kappa shape index (κ2) is 7.64. The van der Waals surface area contributed by atoms with E-state index in [1.165, 1.54) is 4.90 Å². The van der Waals surface area contributed by atoms with E-state index < -0.39 is 17.9 Å². The number of aliphatic carboxylic acids is 1. The highest BCUT2D eigenvalue weighted by Crippen LogP contribution is 2.23. The summed E-state index contributed by atoms with van der Waals surface area (Å²) >= 11 is 1.54. The van der Waals surface area contributed by atoms with Gasteiger partial charge in [-0.2, -0.15) is 0 Å². The molecule has 2 N–H and O–H groups in total. The van der Waals surface area contributed by atoms with Gasteiger partial charge < -0.3 is 10.0 Å². The van der Waals surface area contributed by atoms with Crippen molar-refractivity contribution in [1.29, 1.82) is 0 Å². The third-order valence-corrected chi connectivity index (χ3v) is 3.94. The van der Waals surface area contributed by atoms with Gasteiger partial charge in [-0.25, -0.2) is 4.79 Å². The van der Waals surface area contributed by atoms with Crippen molar-refractivity contribution in [2.75, 3.05) is 7.05 Å². The zero-order chi connectivity index (χ0) is 15.1. The van der Waals surface area contributed by atoms with E-state index in [4.69, 9.17) is 5.11 Å². The summed E-state index contributed by atoms with van der Waals surface area (Å²) in [4.78, 5) is 36.2. The lowest BCUT2D eigenvalue weighted by molar-refractivity contribution is -0.137. The molecular weight excluding hydrogens is 280 g/mol. The summed E-state index contributed by atoms with van der Waals surface area (Å²) in [5, 5.41) is 12.7. The number of amides is 3. The number of hydrogen-bond donors (Lipinski definition) is 2. The van der Waals surface area contributed by atoms with Crippen molar-refractivity contribution < 1.29 is 19.5 Å². The molecule has 0 radical (unpaired) electrons. The number of imide groups is 1. The Labute approximate surface area is 121 Å². The number of carbonyl (C=O) groups excluding carboxylic acids is 2. The first-order valence-electron chi connectivity index (χ1n) is 6.23. The van der Waals surface area contributed by atoms with Gasteiger partial charge in [0.15, 0.2) is 0 Å². The molecule has 1 unspecified atom stereocenters. The lowest BCUT2D eigenvalue weighted by atomic mass is 10.2. The first kappa shape index (κ1) is 16.2. The Kier molecular flexibility index (Phi) is 6.17. The maximum absolute atomic E-state index is 11.9. The topological polar surface area (TPSA) is 86.7 Å². The molecule has 1 atom stereocenters. The van der Waals surface area contributed by atoms with Crippen LogP contribution < -0.4 is 5.32 Å².